The van der Waals surface area contributed by atoms with Gasteiger partial charge in [0.15, 0.2) is 0 Å². The molecule has 1 fully saturated rings. The van der Waals surface area contributed by atoms with Crippen molar-refractivity contribution in [2.24, 2.45) is 0 Å². The molecule has 0 radical (unpaired) electrons. The topological polar surface area (TPSA) is 43.4 Å². The lowest BCUT2D eigenvalue weighted by molar-refractivity contribution is 0.237. The van der Waals surface area contributed by atoms with E-state index in [2.05, 4.69) is 11.1 Å². The summed E-state index contributed by atoms with van der Waals surface area (Å²) in [6.07, 6.45) is 6.67. The van der Waals surface area contributed by atoms with Crippen molar-refractivity contribution < 1.29 is 12.6 Å². The molecule has 0 aromatic carbocycles. The van der Waals surface area contributed by atoms with Crippen LogP contribution in [0.3, 0.4) is 0 Å². The van der Waals surface area contributed by atoms with Crippen LogP contribution in [0, 0.1) is 0 Å². The van der Waals surface area contributed by atoms with E-state index in [4.69, 9.17) is 0 Å². The molecule has 13 heavy (non-hydrogen) atoms. The molecule has 3 nitrogen and oxygen atoms in total. The Morgan fingerprint density at radius 2 is 1.92 bits per heavy atom. The molecule has 0 aromatic rings. The molecule has 0 amide bonds. The van der Waals surface area contributed by atoms with Crippen molar-refractivity contribution in [1.82, 2.24) is 0 Å². The van der Waals surface area contributed by atoms with Gasteiger partial charge < -0.3 is 0 Å². The molecular formula is C9H18O3S. The Labute approximate surface area is 80.6 Å². The zero-order valence-corrected chi connectivity index (χ0v) is 8.98. The van der Waals surface area contributed by atoms with Crippen molar-refractivity contribution in [3.8, 4) is 0 Å². The smallest absolute Gasteiger partial charge is 0.268 e. The molecule has 1 atom stereocenters. The Morgan fingerprint density at radius 3 is 2.38 bits per heavy atom. The maximum atomic E-state index is 10.9. The third-order valence-electron chi connectivity index (χ3n) is 2.46. The van der Waals surface area contributed by atoms with Crippen LogP contribution in [-0.4, -0.2) is 20.3 Å². The molecule has 1 heterocycles. The highest BCUT2D eigenvalue weighted by Gasteiger charge is 2.36. The van der Waals surface area contributed by atoms with E-state index >= 15 is 0 Å². The zero-order chi connectivity index (χ0) is 9.73. The first-order valence-corrected chi connectivity index (χ1v) is 6.52. The fraction of sp³-hybridized carbons (Fsp3) is 1.00. The summed E-state index contributed by atoms with van der Waals surface area (Å²) in [6, 6.07) is 0. The van der Waals surface area contributed by atoms with E-state index in [1.54, 1.807) is 0 Å². The summed E-state index contributed by atoms with van der Waals surface area (Å²) in [5.41, 5.74) is 0. The first-order chi connectivity index (χ1) is 6.17. The fourth-order valence-electron chi connectivity index (χ4n) is 1.48. The average Bonchev–Trinajstić information content (AvgIpc) is 2.09. The summed E-state index contributed by atoms with van der Waals surface area (Å²) >= 11 is 0. The minimum atomic E-state index is -3.12. The van der Waals surface area contributed by atoms with Crippen LogP contribution in [0.15, 0.2) is 0 Å². The van der Waals surface area contributed by atoms with Gasteiger partial charge in [-0.2, -0.15) is 8.42 Å². The predicted molar refractivity (Wildman–Crippen MR) is 52.0 cm³/mol. The van der Waals surface area contributed by atoms with Crippen molar-refractivity contribution >= 4 is 10.1 Å². The van der Waals surface area contributed by atoms with Gasteiger partial charge in [-0.05, 0) is 6.42 Å². The molecule has 1 aliphatic rings. The molecule has 0 bridgehead atoms. The van der Waals surface area contributed by atoms with Crippen molar-refractivity contribution in [2.45, 2.75) is 50.7 Å². The van der Waals surface area contributed by atoms with Gasteiger partial charge >= 0.3 is 0 Å². The number of rotatable bonds is 6. The van der Waals surface area contributed by atoms with Gasteiger partial charge in [0.2, 0.25) is 0 Å². The van der Waals surface area contributed by atoms with Crippen molar-refractivity contribution in [3.63, 3.8) is 0 Å². The minimum absolute atomic E-state index is 0.200. The summed E-state index contributed by atoms with van der Waals surface area (Å²) in [4.78, 5) is 0. The molecule has 0 aliphatic carbocycles. The highest BCUT2D eigenvalue weighted by atomic mass is 32.2. The molecule has 0 saturated carbocycles. The second kappa shape index (κ2) is 4.96. The van der Waals surface area contributed by atoms with Crippen LogP contribution >= 0.6 is 0 Å². The second-order valence-electron chi connectivity index (χ2n) is 3.60. The van der Waals surface area contributed by atoms with Gasteiger partial charge in [-0.15, -0.1) is 0 Å². The van der Waals surface area contributed by atoms with Crippen molar-refractivity contribution in [3.05, 3.63) is 0 Å². The molecule has 1 rings (SSSR count). The summed E-state index contributed by atoms with van der Waals surface area (Å²) in [6.45, 7) is 2.58. The van der Waals surface area contributed by atoms with Crippen LogP contribution in [-0.2, 0) is 14.3 Å². The van der Waals surface area contributed by atoms with Gasteiger partial charge in [-0.25, -0.2) is 0 Å². The molecule has 1 saturated heterocycles. The van der Waals surface area contributed by atoms with E-state index in [0.717, 1.165) is 19.3 Å². The summed E-state index contributed by atoms with van der Waals surface area (Å²) < 4.78 is 26.3. The quantitative estimate of drug-likeness (QED) is 0.493. The average molecular weight is 206 g/mol. The van der Waals surface area contributed by atoms with Crippen LogP contribution in [0.25, 0.3) is 0 Å². The Bertz CT molecular complexity index is 233. The molecule has 0 aromatic heterocycles. The lowest BCUT2D eigenvalue weighted by Crippen LogP contribution is -2.39. The van der Waals surface area contributed by atoms with Crippen molar-refractivity contribution in [2.75, 3.05) is 6.61 Å². The van der Waals surface area contributed by atoms with Crippen LogP contribution < -0.4 is 0 Å². The maximum Gasteiger partial charge on any atom is 0.272 e. The van der Waals surface area contributed by atoms with Gasteiger partial charge in [0.1, 0.15) is 5.25 Å². The largest absolute Gasteiger partial charge is 0.272 e. The van der Waals surface area contributed by atoms with Gasteiger partial charge in [0.05, 0.1) is 6.61 Å². The van der Waals surface area contributed by atoms with E-state index in [0.29, 0.717) is 6.61 Å². The molecule has 0 spiro atoms. The van der Waals surface area contributed by atoms with E-state index in [1.807, 2.05) is 0 Å². The highest BCUT2D eigenvalue weighted by Crippen LogP contribution is 2.22. The fourth-order valence-corrected chi connectivity index (χ4v) is 2.48. The summed E-state index contributed by atoms with van der Waals surface area (Å²) in [7, 11) is -3.12. The third kappa shape index (κ3) is 3.27. The van der Waals surface area contributed by atoms with Crippen LogP contribution in [0.2, 0.25) is 0 Å². The van der Waals surface area contributed by atoms with E-state index in [1.165, 1.54) is 19.3 Å². The monoisotopic (exact) mass is 206 g/mol. The van der Waals surface area contributed by atoms with Crippen molar-refractivity contribution in [1.29, 1.82) is 0 Å². The van der Waals surface area contributed by atoms with Crippen LogP contribution in [0.5, 0.6) is 0 Å². The zero-order valence-electron chi connectivity index (χ0n) is 8.16. The molecule has 1 aliphatic heterocycles. The van der Waals surface area contributed by atoms with E-state index < -0.39 is 10.1 Å². The van der Waals surface area contributed by atoms with Crippen LogP contribution in [0.4, 0.5) is 0 Å². The minimum Gasteiger partial charge on any atom is -0.268 e. The molecule has 78 valence electrons. The van der Waals surface area contributed by atoms with Gasteiger partial charge in [-0.1, -0.05) is 39.0 Å². The number of unbranched alkanes of at least 4 members (excludes halogenated alkanes) is 4. The Morgan fingerprint density at radius 1 is 1.23 bits per heavy atom. The number of hydrogen-bond donors (Lipinski definition) is 0. The Hall–Kier alpha value is -0.0900. The Balaban J connectivity index is 2.01. The van der Waals surface area contributed by atoms with Gasteiger partial charge in [0.25, 0.3) is 10.1 Å². The summed E-state index contributed by atoms with van der Waals surface area (Å²) in [5, 5.41) is -0.200. The highest BCUT2D eigenvalue weighted by molar-refractivity contribution is 7.88. The SMILES string of the molecule is CCCCCCCC1COS1(=O)=O. The standard InChI is InChI=1S/C9H18O3S/c1-2-3-4-5-6-7-9-8-12-13(9,10)11/h9H,2-8H2,1H3. The molecule has 4 heteroatoms. The van der Waals surface area contributed by atoms with Gasteiger partial charge in [0, 0.05) is 0 Å². The predicted octanol–water partition coefficient (Wildman–Crippen LogP) is 2.08. The molecular weight excluding hydrogens is 188 g/mol. The lowest BCUT2D eigenvalue weighted by Gasteiger charge is -2.25. The third-order valence-corrected chi connectivity index (χ3v) is 4.11. The summed E-state index contributed by atoms with van der Waals surface area (Å²) in [5.74, 6) is 0. The first kappa shape index (κ1) is 11.0. The van der Waals surface area contributed by atoms with E-state index in [-0.39, 0.29) is 5.25 Å². The van der Waals surface area contributed by atoms with Crippen LogP contribution in [0.1, 0.15) is 45.4 Å². The maximum absolute atomic E-state index is 10.9. The molecule has 0 N–H and O–H groups in total. The normalized spacial score (nSPS) is 25.5. The second-order valence-corrected chi connectivity index (χ2v) is 5.49. The Kier molecular flexibility index (Phi) is 4.19. The number of hydrogen-bond acceptors (Lipinski definition) is 3. The lowest BCUT2D eigenvalue weighted by atomic mass is 10.1. The first-order valence-electron chi connectivity index (χ1n) is 5.05. The van der Waals surface area contributed by atoms with Gasteiger partial charge in [-0.3, -0.25) is 4.18 Å². The van der Waals surface area contributed by atoms with E-state index in [9.17, 15) is 8.42 Å². The molecule has 1 unspecified atom stereocenters.